The molecule has 2 rings (SSSR count). The second kappa shape index (κ2) is 7.97. The van der Waals surface area contributed by atoms with Crippen LogP contribution < -0.4 is 10.6 Å². The van der Waals surface area contributed by atoms with E-state index in [4.69, 9.17) is 11.6 Å². The molecule has 0 saturated carbocycles. The molecule has 24 heavy (non-hydrogen) atoms. The molecule has 1 aliphatic carbocycles. The van der Waals surface area contributed by atoms with Crippen LogP contribution >= 0.6 is 11.6 Å². The minimum atomic E-state index is -1.01. The number of hydrogen-bond acceptors (Lipinski definition) is 3. The first-order valence-electron chi connectivity index (χ1n) is 7.70. The van der Waals surface area contributed by atoms with Gasteiger partial charge in [0, 0.05) is 11.6 Å². The van der Waals surface area contributed by atoms with E-state index in [1.54, 1.807) is 25.1 Å². The highest BCUT2D eigenvalue weighted by molar-refractivity contribution is 6.31. The van der Waals surface area contributed by atoms with Gasteiger partial charge in [-0.05, 0) is 38.0 Å². The van der Waals surface area contributed by atoms with Crippen LogP contribution in [-0.2, 0) is 9.59 Å². The lowest BCUT2D eigenvalue weighted by atomic mass is 9.82. The van der Waals surface area contributed by atoms with E-state index in [2.05, 4.69) is 10.6 Å². The summed E-state index contributed by atoms with van der Waals surface area (Å²) in [5, 5.41) is 15.0. The van der Waals surface area contributed by atoms with Crippen molar-refractivity contribution in [3.05, 3.63) is 40.9 Å². The van der Waals surface area contributed by atoms with E-state index in [0.29, 0.717) is 24.4 Å². The number of anilines is 1. The summed E-state index contributed by atoms with van der Waals surface area (Å²) in [6, 6.07) is 4.57. The molecule has 2 amide bonds. The maximum absolute atomic E-state index is 12.5. The number of aliphatic carboxylic acids is 1. The van der Waals surface area contributed by atoms with Crippen molar-refractivity contribution in [1.82, 2.24) is 5.32 Å². The van der Waals surface area contributed by atoms with Crippen LogP contribution in [0.15, 0.2) is 30.4 Å². The largest absolute Gasteiger partial charge is 0.481 e. The first kappa shape index (κ1) is 18.0. The maximum Gasteiger partial charge on any atom is 0.307 e. The van der Waals surface area contributed by atoms with E-state index in [1.165, 1.54) is 12.1 Å². The third-order valence-electron chi connectivity index (χ3n) is 3.91. The van der Waals surface area contributed by atoms with Gasteiger partial charge in [-0.1, -0.05) is 23.8 Å². The highest BCUT2D eigenvalue weighted by Gasteiger charge is 2.34. The second-order valence-corrected chi connectivity index (χ2v) is 5.97. The Hall–Kier alpha value is -2.34. The third-order valence-corrected chi connectivity index (χ3v) is 4.14. The van der Waals surface area contributed by atoms with Crippen LogP contribution in [0.5, 0.6) is 0 Å². The van der Waals surface area contributed by atoms with E-state index in [-0.39, 0.29) is 17.2 Å². The summed E-state index contributed by atoms with van der Waals surface area (Å²) in [5.74, 6) is -3.23. The monoisotopic (exact) mass is 350 g/mol. The Balaban J connectivity index is 2.24. The van der Waals surface area contributed by atoms with Gasteiger partial charge in [0.15, 0.2) is 0 Å². The number of carboxylic acid groups (broad SMARTS) is 1. The van der Waals surface area contributed by atoms with Crippen LogP contribution in [0, 0.1) is 11.8 Å². The minimum Gasteiger partial charge on any atom is -0.481 e. The fourth-order valence-electron chi connectivity index (χ4n) is 2.68. The fraction of sp³-hybridized carbons (Fsp3) is 0.353. The molecule has 7 heteroatoms. The molecule has 0 saturated heterocycles. The lowest BCUT2D eigenvalue weighted by Crippen LogP contribution is -2.35. The molecule has 1 aromatic carbocycles. The molecule has 1 aliphatic rings. The SMILES string of the molecule is CCNC(=O)c1ccc(Cl)cc1NC(=O)[C@H]1CC=CC[C@H]1C(=O)O. The minimum absolute atomic E-state index is 0.275. The predicted octanol–water partition coefficient (Wildman–Crippen LogP) is 2.70. The molecule has 0 fully saturated rings. The van der Waals surface area contributed by atoms with Crippen LogP contribution in [0.4, 0.5) is 5.69 Å². The highest BCUT2D eigenvalue weighted by atomic mass is 35.5. The number of halogens is 1. The zero-order chi connectivity index (χ0) is 17.7. The van der Waals surface area contributed by atoms with Crippen LogP contribution in [0.3, 0.4) is 0 Å². The third kappa shape index (κ3) is 4.14. The van der Waals surface area contributed by atoms with E-state index in [9.17, 15) is 19.5 Å². The zero-order valence-electron chi connectivity index (χ0n) is 13.2. The van der Waals surface area contributed by atoms with Crippen molar-refractivity contribution in [1.29, 1.82) is 0 Å². The maximum atomic E-state index is 12.5. The summed E-state index contributed by atoms with van der Waals surface area (Å²) in [6.45, 7) is 2.24. The van der Waals surface area contributed by atoms with E-state index in [0.717, 1.165) is 0 Å². The Kier molecular flexibility index (Phi) is 5.98. The van der Waals surface area contributed by atoms with E-state index < -0.39 is 23.7 Å². The molecule has 6 nitrogen and oxygen atoms in total. The Bertz CT molecular complexity index is 687. The lowest BCUT2D eigenvalue weighted by Gasteiger charge is -2.24. The number of nitrogens with one attached hydrogen (secondary N) is 2. The van der Waals surface area contributed by atoms with Gasteiger partial charge in [0.2, 0.25) is 5.91 Å². The van der Waals surface area contributed by atoms with Gasteiger partial charge in [-0.3, -0.25) is 14.4 Å². The van der Waals surface area contributed by atoms with Crippen molar-refractivity contribution in [3.8, 4) is 0 Å². The molecule has 3 N–H and O–H groups in total. The van der Waals surface area contributed by atoms with Gasteiger partial charge in [0.25, 0.3) is 5.91 Å². The predicted molar refractivity (Wildman–Crippen MR) is 91.1 cm³/mol. The number of carbonyl (C=O) groups excluding carboxylic acids is 2. The van der Waals surface area contributed by atoms with Gasteiger partial charge in [-0.2, -0.15) is 0 Å². The Morgan fingerprint density at radius 2 is 1.88 bits per heavy atom. The van der Waals surface area contributed by atoms with Gasteiger partial charge in [-0.25, -0.2) is 0 Å². The number of rotatable bonds is 5. The Morgan fingerprint density at radius 1 is 1.21 bits per heavy atom. The summed E-state index contributed by atoms with van der Waals surface area (Å²) in [5.41, 5.74) is 0.560. The van der Waals surface area contributed by atoms with Gasteiger partial charge in [0.1, 0.15) is 0 Å². The van der Waals surface area contributed by atoms with Crippen molar-refractivity contribution in [2.75, 3.05) is 11.9 Å². The van der Waals surface area contributed by atoms with Gasteiger partial charge >= 0.3 is 5.97 Å². The standard InChI is InChI=1S/C17H19ClN2O4/c1-2-19-15(21)13-8-7-10(18)9-14(13)20-16(22)11-5-3-4-6-12(11)17(23)24/h3-4,7-9,11-12H,2,5-6H2,1H3,(H,19,21)(H,20,22)(H,23,24)/t11-,12+/m0/s1. The van der Waals surface area contributed by atoms with Crippen molar-refractivity contribution in [3.63, 3.8) is 0 Å². The van der Waals surface area contributed by atoms with Crippen LogP contribution in [0.25, 0.3) is 0 Å². The molecule has 0 spiro atoms. The average molecular weight is 351 g/mol. The Labute approximate surface area is 144 Å². The van der Waals surface area contributed by atoms with Gasteiger partial charge < -0.3 is 15.7 Å². The summed E-state index contributed by atoms with van der Waals surface area (Å²) in [7, 11) is 0. The molecule has 0 unspecified atom stereocenters. The Morgan fingerprint density at radius 3 is 2.50 bits per heavy atom. The van der Waals surface area contributed by atoms with Crippen LogP contribution in [0.1, 0.15) is 30.1 Å². The molecule has 0 radical (unpaired) electrons. The number of carbonyl (C=O) groups is 3. The van der Waals surface area contributed by atoms with Crippen molar-refractivity contribution < 1.29 is 19.5 Å². The number of allylic oxidation sites excluding steroid dienone is 2. The molecule has 2 atom stereocenters. The molecule has 0 heterocycles. The number of amides is 2. The molecule has 128 valence electrons. The number of hydrogen-bond donors (Lipinski definition) is 3. The van der Waals surface area contributed by atoms with Crippen molar-refractivity contribution in [2.24, 2.45) is 11.8 Å². The zero-order valence-corrected chi connectivity index (χ0v) is 14.0. The fourth-order valence-corrected chi connectivity index (χ4v) is 2.85. The summed E-state index contributed by atoms with van der Waals surface area (Å²) >= 11 is 5.96. The van der Waals surface area contributed by atoms with Crippen LogP contribution in [-0.4, -0.2) is 29.4 Å². The highest BCUT2D eigenvalue weighted by Crippen LogP contribution is 2.28. The molecular formula is C17H19ClN2O4. The smallest absolute Gasteiger partial charge is 0.307 e. The van der Waals surface area contributed by atoms with E-state index >= 15 is 0 Å². The van der Waals surface area contributed by atoms with Crippen molar-refractivity contribution in [2.45, 2.75) is 19.8 Å². The van der Waals surface area contributed by atoms with E-state index in [1.807, 2.05) is 0 Å². The average Bonchev–Trinajstić information content (AvgIpc) is 2.55. The first-order chi connectivity index (χ1) is 11.4. The molecule has 0 bridgehead atoms. The second-order valence-electron chi connectivity index (χ2n) is 5.53. The normalized spacial score (nSPS) is 19.6. The first-order valence-corrected chi connectivity index (χ1v) is 8.08. The van der Waals surface area contributed by atoms with Gasteiger partial charge in [0.05, 0.1) is 23.1 Å². The summed E-state index contributed by atoms with van der Waals surface area (Å²) in [6.07, 6.45) is 4.22. The molecule has 1 aromatic rings. The molecule has 0 aromatic heterocycles. The number of carboxylic acids is 1. The van der Waals surface area contributed by atoms with Crippen LogP contribution in [0.2, 0.25) is 5.02 Å². The van der Waals surface area contributed by atoms with Gasteiger partial charge in [-0.15, -0.1) is 0 Å². The molecule has 0 aliphatic heterocycles. The quantitative estimate of drug-likeness (QED) is 0.711. The molecular weight excluding hydrogens is 332 g/mol. The lowest BCUT2D eigenvalue weighted by molar-refractivity contribution is -0.146. The number of benzene rings is 1. The summed E-state index contributed by atoms with van der Waals surface area (Å²) < 4.78 is 0. The summed E-state index contributed by atoms with van der Waals surface area (Å²) in [4.78, 5) is 36.0. The topological polar surface area (TPSA) is 95.5 Å². The van der Waals surface area contributed by atoms with Crippen molar-refractivity contribution >= 4 is 35.1 Å².